The van der Waals surface area contributed by atoms with E-state index in [9.17, 15) is 4.79 Å². The van der Waals surface area contributed by atoms with Crippen molar-refractivity contribution >= 4 is 12.0 Å². The number of nitrogens with one attached hydrogen (secondary N) is 1. The Kier molecular flexibility index (Phi) is 4.89. The van der Waals surface area contributed by atoms with Crippen LogP contribution in [0.4, 0.5) is 0 Å². The minimum atomic E-state index is -0.357. The fourth-order valence-corrected chi connectivity index (χ4v) is 1.93. The quantitative estimate of drug-likeness (QED) is 0.688. The number of rotatable bonds is 4. The lowest BCUT2D eigenvalue weighted by Crippen LogP contribution is -2.23. The molecule has 1 amide bonds. The van der Waals surface area contributed by atoms with E-state index in [-0.39, 0.29) is 11.5 Å². The van der Waals surface area contributed by atoms with E-state index in [2.05, 4.69) is 5.32 Å². The Hall–Kier alpha value is -2.86. The molecule has 0 aliphatic carbocycles. The van der Waals surface area contributed by atoms with E-state index in [0.29, 0.717) is 6.54 Å². The van der Waals surface area contributed by atoms with Gasteiger partial charge in [-0.15, -0.1) is 0 Å². The summed E-state index contributed by atoms with van der Waals surface area (Å²) in [6, 6.07) is 19.2. The van der Waals surface area contributed by atoms with Crippen LogP contribution in [0.2, 0.25) is 0 Å². The van der Waals surface area contributed by atoms with Crippen molar-refractivity contribution in [1.29, 1.82) is 5.26 Å². The topological polar surface area (TPSA) is 52.9 Å². The van der Waals surface area contributed by atoms with Crippen molar-refractivity contribution in [3.63, 3.8) is 0 Å². The molecule has 3 nitrogen and oxygen atoms in total. The minimum Gasteiger partial charge on any atom is -0.347 e. The summed E-state index contributed by atoms with van der Waals surface area (Å²) in [5, 5.41) is 11.9. The average molecular weight is 276 g/mol. The van der Waals surface area contributed by atoms with Gasteiger partial charge in [-0.25, -0.2) is 0 Å². The molecule has 0 aromatic heterocycles. The first-order valence-electron chi connectivity index (χ1n) is 6.70. The van der Waals surface area contributed by atoms with E-state index >= 15 is 0 Å². The highest BCUT2D eigenvalue weighted by atomic mass is 16.1. The van der Waals surface area contributed by atoms with Crippen LogP contribution in [0.1, 0.15) is 16.7 Å². The van der Waals surface area contributed by atoms with E-state index in [0.717, 1.165) is 16.7 Å². The lowest BCUT2D eigenvalue weighted by Gasteiger charge is -2.05. The number of aryl methyl sites for hydroxylation is 1. The van der Waals surface area contributed by atoms with Gasteiger partial charge < -0.3 is 5.32 Å². The molecule has 0 unspecified atom stereocenters. The number of hydrogen-bond acceptors (Lipinski definition) is 2. The summed E-state index contributed by atoms with van der Waals surface area (Å²) in [6.45, 7) is 2.36. The molecule has 1 N–H and O–H groups in total. The van der Waals surface area contributed by atoms with Crippen molar-refractivity contribution in [3.8, 4) is 6.07 Å². The second-order valence-corrected chi connectivity index (χ2v) is 4.69. The van der Waals surface area contributed by atoms with Crippen LogP contribution in [-0.4, -0.2) is 5.91 Å². The largest absolute Gasteiger partial charge is 0.347 e. The number of nitriles is 1. The average Bonchev–Trinajstić information content (AvgIpc) is 2.53. The van der Waals surface area contributed by atoms with Gasteiger partial charge in [0.05, 0.1) is 0 Å². The van der Waals surface area contributed by atoms with Gasteiger partial charge in [0.25, 0.3) is 5.91 Å². The smallest absolute Gasteiger partial charge is 0.262 e. The molecule has 0 atom stereocenters. The third-order valence-electron chi connectivity index (χ3n) is 3.15. The summed E-state index contributed by atoms with van der Waals surface area (Å²) >= 11 is 0. The van der Waals surface area contributed by atoms with Gasteiger partial charge in [-0.2, -0.15) is 5.26 Å². The molecule has 0 aliphatic heterocycles. The summed E-state index contributed by atoms with van der Waals surface area (Å²) in [7, 11) is 0. The Bertz CT molecular complexity index is 697. The summed E-state index contributed by atoms with van der Waals surface area (Å²) in [6.07, 6.45) is 1.62. The maximum atomic E-state index is 12.1. The van der Waals surface area contributed by atoms with Crippen LogP contribution in [0.25, 0.3) is 6.08 Å². The summed E-state index contributed by atoms with van der Waals surface area (Å²) in [4.78, 5) is 12.1. The van der Waals surface area contributed by atoms with Crippen LogP contribution in [0, 0.1) is 18.3 Å². The van der Waals surface area contributed by atoms with Crippen LogP contribution in [0.3, 0.4) is 0 Å². The monoisotopic (exact) mass is 276 g/mol. The SMILES string of the molecule is Cc1ccccc1/C=C(\C#N)C(=O)NCc1ccccc1. The van der Waals surface area contributed by atoms with E-state index in [1.54, 1.807) is 6.08 Å². The van der Waals surface area contributed by atoms with Gasteiger partial charge in [0.15, 0.2) is 0 Å². The molecule has 0 aliphatic rings. The Morgan fingerprint density at radius 3 is 2.48 bits per heavy atom. The first-order chi connectivity index (χ1) is 10.2. The van der Waals surface area contributed by atoms with Crippen molar-refractivity contribution < 1.29 is 4.79 Å². The van der Waals surface area contributed by atoms with Gasteiger partial charge in [0, 0.05) is 6.54 Å². The highest BCUT2D eigenvalue weighted by Gasteiger charge is 2.09. The molecule has 104 valence electrons. The molecular weight excluding hydrogens is 260 g/mol. The third kappa shape index (κ3) is 4.05. The van der Waals surface area contributed by atoms with Crippen LogP contribution >= 0.6 is 0 Å². The van der Waals surface area contributed by atoms with Gasteiger partial charge in [0.1, 0.15) is 11.6 Å². The van der Waals surface area contributed by atoms with Crippen molar-refractivity contribution in [3.05, 3.63) is 76.9 Å². The lowest BCUT2D eigenvalue weighted by atomic mass is 10.1. The summed E-state index contributed by atoms with van der Waals surface area (Å²) < 4.78 is 0. The Morgan fingerprint density at radius 2 is 1.81 bits per heavy atom. The molecule has 0 spiro atoms. The van der Waals surface area contributed by atoms with Crippen molar-refractivity contribution in [2.75, 3.05) is 0 Å². The predicted octanol–water partition coefficient (Wildman–Crippen LogP) is 3.22. The summed E-state index contributed by atoms with van der Waals surface area (Å²) in [5.74, 6) is -0.357. The zero-order valence-electron chi connectivity index (χ0n) is 11.8. The molecule has 0 bridgehead atoms. The number of carbonyl (C=O) groups excluding carboxylic acids is 1. The van der Waals surface area contributed by atoms with Gasteiger partial charge in [-0.1, -0.05) is 54.6 Å². The molecule has 0 saturated carbocycles. The van der Waals surface area contributed by atoms with Crippen molar-refractivity contribution in [2.24, 2.45) is 0 Å². The second-order valence-electron chi connectivity index (χ2n) is 4.69. The van der Waals surface area contributed by atoms with Gasteiger partial charge >= 0.3 is 0 Å². The molecule has 0 saturated heterocycles. The lowest BCUT2D eigenvalue weighted by molar-refractivity contribution is -0.117. The highest BCUT2D eigenvalue weighted by Crippen LogP contribution is 2.12. The molecule has 0 heterocycles. The van der Waals surface area contributed by atoms with Crippen LogP contribution in [-0.2, 0) is 11.3 Å². The van der Waals surface area contributed by atoms with Crippen molar-refractivity contribution in [2.45, 2.75) is 13.5 Å². The number of hydrogen-bond donors (Lipinski definition) is 1. The minimum absolute atomic E-state index is 0.111. The maximum Gasteiger partial charge on any atom is 0.262 e. The first-order valence-corrected chi connectivity index (χ1v) is 6.70. The number of carbonyl (C=O) groups is 1. The Balaban J connectivity index is 2.09. The van der Waals surface area contributed by atoms with Crippen LogP contribution in [0.15, 0.2) is 60.2 Å². The number of nitrogens with zero attached hydrogens (tertiary/aromatic N) is 1. The zero-order valence-corrected chi connectivity index (χ0v) is 11.8. The van der Waals surface area contributed by atoms with Crippen molar-refractivity contribution in [1.82, 2.24) is 5.32 Å². The Morgan fingerprint density at radius 1 is 1.14 bits per heavy atom. The molecular formula is C18H16N2O. The fourth-order valence-electron chi connectivity index (χ4n) is 1.93. The third-order valence-corrected chi connectivity index (χ3v) is 3.15. The van der Waals surface area contributed by atoms with E-state index < -0.39 is 0 Å². The maximum absolute atomic E-state index is 12.1. The molecule has 0 fully saturated rings. The number of benzene rings is 2. The number of amides is 1. The van der Waals surface area contributed by atoms with E-state index in [1.165, 1.54) is 0 Å². The van der Waals surface area contributed by atoms with Gasteiger partial charge in [0.2, 0.25) is 0 Å². The van der Waals surface area contributed by atoms with Gasteiger partial charge in [-0.05, 0) is 29.7 Å². The second kappa shape index (κ2) is 7.06. The normalized spacial score (nSPS) is 10.8. The molecule has 0 radical (unpaired) electrons. The summed E-state index contributed by atoms with van der Waals surface area (Å²) in [5.41, 5.74) is 3.02. The van der Waals surface area contributed by atoms with Gasteiger partial charge in [-0.3, -0.25) is 4.79 Å². The van der Waals surface area contributed by atoms with Crippen LogP contribution in [0.5, 0.6) is 0 Å². The zero-order chi connectivity index (χ0) is 15.1. The Labute approximate surface area is 124 Å². The first kappa shape index (κ1) is 14.5. The predicted molar refractivity (Wildman–Crippen MR) is 83.1 cm³/mol. The van der Waals surface area contributed by atoms with E-state index in [1.807, 2.05) is 67.6 Å². The molecule has 2 rings (SSSR count). The fraction of sp³-hybridized carbons (Fsp3) is 0.111. The van der Waals surface area contributed by atoms with Crippen LogP contribution < -0.4 is 5.32 Å². The molecule has 2 aromatic carbocycles. The molecule has 21 heavy (non-hydrogen) atoms. The van der Waals surface area contributed by atoms with E-state index in [4.69, 9.17) is 5.26 Å². The molecule has 3 heteroatoms. The highest BCUT2D eigenvalue weighted by molar-refractivity contribution is 6.01. The standard InChI is InChI=1S/C18H16N2O/c1-14-7-5-6-10-16(14)11-17(12-19)18(21)20-13-15-8-3-2-4-9-15/h2-11H,13H2,1H3,(H,20,21)/b17-11+. The molecule has 2 aromatic rings.